The molecule has 6 nitrogen and oxygen atoms in total. The summed E-state index contributed by atoms with van der Waals surface area (Å²) in [7, 11) is 0. The molecule has 0 saturated carbocycles. The highest BCUT2D eigenvalue weighted by Crippen LogP contribution is 2.30. The Kier molecular flexibility index (Phi) is 7.14. The fraction of sp³-hybridized carbons (Fsp3) is 0.346. The van der Waals surface area contributed by atoms with E-state index >= 15 is 0 Å². The van der Waals surface area contributed by atoms with E-state index in [1.165, 1.54) is 0 Å². The van der Waals surface area contributed by atoms with E-state index in [4.69, 9.17) is 20.8 Å². The van der Waals surface area contributed by atoms with Gasteiger partial charge in [-0.25, -0.2) is 4.79 Å². The van der Waals surface area contributed by atoms with Gasteiger partial charge in [-0.1, -0.05) is 37.6 Å². The Labute approximate surface area is 198 Å². The summed E-state index contributed by atoms with van der Waals surface area (Å²) >= 11 is 6.14. The Balaban J connectivity index is 2.17. The molecule has 7 heteroatoms. The van der Waals surface area contributed by atoms with Crippen LogP contribution < -0.4 is 10.7 Å². The molecular weight excluding hydrogens is 440 g/mol. The second kappa shape index (κ2) is 9.68. The number of rotatable bonds is 5. The number of benzene rings is 2. The number of alkyl carbamates (subject to hydrolysis) is 1. The van der Waals surface area contributed by atoms with Crippen molar-refractivity contribution in [3.05, 3.63) is 80.2 Å². The monoisotopic (exact) mass is 466 g/mol. The molecular formula is C26H27ClN2O4. The predicted octanol–water partition coefficient (Wildman–Crippen LogP) is 6.13. The van der Waals surface area contributed by atoms with Crippen molar-refractivity contribution in [3.63, 3.8) is 0 Å². The van der Waals surface area contributed by atoms with Crippen LogP contribution in [0.3, 0.4) is 0 Å². The summed E-state index contributed by atoms with van der Waals surface area (Å²) in [5.41, 5.74) is 1.16. The second-order valence-corrected chi connectivity index (χ2v) is 9.71. The standard InChI is InChI=1S/C26H27ClN2O4/c1-15(2)22(29-25(31)33-26(3,4)5)24-20(12-16-7-6-8-17(11-16)14-28)23(30)19-10-9-18(27)13-21(19)32-24/h6-11,13,15,22H,12H2,1-5H3,(H,29,31)/t22-/m1/s1. The molecule has 0 aliphatic rings. The molecule has 1 atom stereocenters. The molecule has 0 spiro atoms. The number of nitrogens with zero attached hydrogens (tertiary/aromatic N) is 1. The Bertz CT molecular complexity index is 1280. The minimum absolute atomic E-state index is 0.110. The van der Waals surface area contributed by atoms with Crippen LogP contribution in [0.1, 0.15) is 63.1 Å². The number of fused-ring (bicyclic) bond motifs is 1. The number of ether oxygens (including phenoxy) is 1. The quantitative estimate of drug-likeness (QED) is 0.488. The summed E-state index contributed by atoms with van der Waals surface area (Å²) in [4.78, 5) is 26.1. The average Bonchev–Trinajstić information content (AvgIpc) is 2.72. The molecule has 0 unspecified atom stereocenters. The van der Waals surface area contributed by atoms with Crippen LogP contribution in [0.15, 0.2) is 51.7 Å². The number of halogens is 1. The van der Waals surface area contributed by atoms with Crippen molar-refractivity contribution in [2.45, 2.75) is 52.7 Å². The zero-order valence-corrected chi connectivity index (χ0v) is 20.1. The maximum absolute atomic E-state index is 13.5. The van der Waals surface area contributed by atoms with Gasteiger partial charge in [0.25, 0.3) is 0 Å². The van der Waals surface area contributed by atoms with Crippen LogP contribution in [0, 0.1) is 17.2 Å². The van der Waals surface area contributed by atoms with Gasteiger partial charge in [-0.3, -0.25) is 4.79 Å². The van der Waals surface area contributed by atoms with E-state index in [-0.39, 0.29) is 17.8 Å². The third kappa shape index (κ3) is 5.94. The van der Waals surface area contributed by atoms with Gasteiger partial charge in [-0.05, 0) is 56.5 Å². The molecule has 1 aromatic heterocycles. The molecule has 0 saturated heterocycles. The third-order valence-electron chi connectivity index (χ3n) is 5.04. The van der Waals surface area contributed by atoms with Gasteiger partial charge in [0.05, 0.1) is 23.1 Å². The fourth-order valence-electron chi connectivity index (χ4n) is 3.57. The van der Waals surface area contributed by atoms with E-state index in [9.17, 15) is 14.9 Å². The largest absolute Gasteiger partial charge is 0.458 e. The first-order valence-corrected chi connectivity index (χ1v) is 11.1. The molecule has 0 aliphatic heterocycles. The van der Waals surface area contributed by atoms with Crippen molar-refractivity contribution < 1.29 is 13.9 Å². The highest BCUT2D eigenvalue weighted by atomic mass is 35.5. The molecule has 172 valence electrons. The number of amides is 1. The van der Waals surface area contributed by atoms with Gasteiger partial charge in [0.2, 0.25) is 0 Å². The Morgan fingerprint density at radius 1 is 1.21 bits per heavy atom. The van der Waals surface area contributed by atoms with Crippen LogP contribution in [-0.2, 0) is 11.2 Å². The lowest BCUT2D eigenvalue weighted by molar-refractivity contribution is 0.0481. The molecule has 33 heavy (non-hydrogen) atoms. The second-order valence-electron chi connectivity index (χ2n) is 9.27. The zero-order chi connectivity index (χ0) is 24.3. The molecule has 1 heterocycles. The normalized spacial score (nSPS) is 12.4. The summed E-state index contributed by atoms with van der Waals surface area (Å²) in [5.74, 6) is 0.236. The summed E-state index contributed by atoms with van der Waals surface area (Å²) < 4.78 is 11.7. The lowest BCUT2D eigenvalue weighted by Gasteiger charge is -2.26. The summed E-state index contributed by atoms with van der Waals surface area (Å²) in [6.07, 6.45) is -0.363. The average molecular weight is 467 g/mol. The molecule has 0 fully saturated rings. The molecule has 0 radical (unpaired) electrons. The van der Waals surface area contributed by atoms with Crippen LogP contribution in [-0.4, -0.2) is 11.7 Å². The first kappa shape index (κ1) is 24.3. The van der Waals surface area contributed by atoms with Gasteiger partial charge < -0.3 is 14.5 Å². The van der Waals surface area contributed by atoms with Gasteiger partial charge in [-0.15, -0.1) is 0 Å². The van der Waals surface area contributed by atoms with Crippen molar-refractivity contribution in [2.75, 3.05) is 0 Å². The molecule has 2 aromatic carbocycles. The van der Waals surface area contributed by atoms with Gasteiger partial charge in [0, 0.05) is 23.1 Å². The van der Waals surface area contributed by atoms with E-state index in [0.29, 0.717) is 32.9 Å². The SMILES string of the molecule is CC(C)[C@@H](NC(=O)OC(C)(C)C)c1oc2cc(Cl)ccc2c(=O)c1Cc1cccc(C#N)c1. The maximum atomic E-state index is 13.5. The van der Waals surface area contributed by atoms with Crippen LogP contribution in [0.4, 0.5) is 4.79 Å². The fourth-order valence-corrected chi connectivity index (χ4v) is 3.73. The van der Waals surface area contributed by atoms with E-state index in [1.807, 2.05) is 19.9 Å². The smallest absolute Gasteiger partial charge is 0.408 e. The number of hydrogen-bond donors (Lipinski definition) is 1. The number of nitriles is 1. The van der Waals surface area contributed by atoms with Gasteiger partial charge in [0.15, 0.2) is 5.43 Å². The lowest BCUT2D eigenvalue weighted by atomic mass is 9.93. The summed E-state index contributed by atoms with van der Waals surface area (Å²) in [6, 6.07) is 13.4. The number of carbonyl (C=O) groups is 1. The lowest BCUT2D eigenvalue weighted by Crippen LogP contribution is -2.37. The molecule has 0 bridgehead atoms. The van der Waals surface area contributed by atoms with Crippen molar-refractivity contribution >= 4 is 28.7 Å². The number of nitrogens with one attached hydrogen (secondary N) is 1. The van der Waals surface area contributed by atoms with Gasteiger partial charge >= 0.3 is 6.09 Å². The van der Waals surface area contributed by atoms with Crippen LogP contribution in [0.5, 0.6) is 0 Å². The van der Waals surface area contributed by atoms with Crippen molar-refractivity contribution in [2.24, 2.45) is 5.92 Å². The maximum Gasteiger partial charge on any atom is 0.408 e. The topological polar surface area (TPSA) is 92.3 Å². The third-order valence-corrected chi connectivity index (χ3v) is 5.27. The van der Waals surface area contributed by atoms with E-state index < -0.39 is 17.7 Å². The minimum atomic E-state index is -0.677. The van der Waals surface area contributed by atoms with Crippen LogP contribution >= 0.6 is 11.6 Å². The van der Waals surface area contributed by atoms with Crippen molar-refractivity contribution in [3.8, 4) is 6.07 Å². The zero-order valence-electron chi connectivity index (χ0n) is 19.4. The van der Waals surface area contributed by atoms with E-state index in [0.717, 1.165) is 5.56 Å². The first-order chi connectivity index (χ1) is 15.5. The molecule has 1 N–H and O–H groups in total. The van der Waals surface area contributed by atoms with E-state index in [1.54, 1.807) is 57.2 Å². The first-order valence-electron chi connectivity index (χ1n) is 10.7. The van der Waals surface area contributed by atoms with Gasteiger partial charge in [0.1, 0.15) is 16.9 Å². The van der Waals surface area contributed by atoms with Crippen LogP contribution in [0.2, 0.25) is 5.02 Å². The molecule has 3 rings (SSSR count). The predicted molar refractivity (Wildman–Crippen MR) is 128 cm³/mol. The highest BCUT2D eigenvalue weighted by Gasteiger charge is 2.29. The van der Waals surface area contributed by atoms with Crippen molar-refractivity contribution in [1.82, 2.24) is 5.32 Å². The van der Waals surface area contributed by atoms with Crippen molar-refractivity contribution in [1.29, 1.82) is 5.26 Å². The Morgan fingerprint density at radius 3 is 2.58 bits per heavy atom. The molecule has 1 amide bonds. The van der Waals surface area contributed by atoms with Crippen LogP contribution in [0.25, 0.3) is 11.0 Å². The molecule has 3 aromatic rings. The minimum Gasteiger partial charge on any atom is -0.458 e. The summed E-state index contributed by atoms with van der Waals surface area (Å²) in [5, 5.41) is 13.0. The van der Waals surface area contributed by atoms with E-state index in [2.05, 4.69) is 11.4 Å². The Hall–Kier alpha value is -3.30. The number of hydrogen-bond acceptors (Lipinski definition) is 5. The Morgan fingerprint density at radius 2 is 1.94 bits per heavy atom. The highest BCUT2D eigenvalue weighted by molar-refractivity contribution is 6.31. The molecule has 0 aliphatic carbocycles. The van der Waals surface area contributed by atoms with Gasteiger partial charge in [-0.2, -0.15) is 5.26 Å². The number of carbonyl (C=O) groups excluding carboxylic acids is 1. The summed E-state index contributed by atoms with van der Waals surface area (Å²) in [6.45, 7) is 9.18.